The van der Waals surface area contributed by atoms with Crippen molar-refractivity contribution in [1.29, 1.82) is 0 Å². The van der Waals surface area contributed by atoms with Gasteiger partial charge in [-0.1, -0.05) is 29.6 Å². The summed E-state index contributed by atoms with van der Waals surface area (Å²) in [6, 6.07) is 5.79. The third kappa shape index (κ3) is 5.43. The van der Waals surface area contributed by atoms with Gasteiger partial charge in [0.05, 0.1) is 24.8 Å². The van der Waals surface area contributed by atoms with Crippen LogP contribution in [0.5, 0.6) is 0 Å². The van der Waals surface area contributed by atoms with Gasteiger partial charge < -0.3 is 24.6 Å². The number of carbonyl (C=O) groups excluding carboxylic acids is 1. The van der Waals surface area contributed by atoms with E-state index in [1.54, 1.807) is 0 Å². The van der Waals surface area contributed by atoms with Crippen molar-refractivity contribution in [2.24, 2.45) is 23.5 Å². The number of carbonyl (C=O) groups is 1. The molecule has 1 unspecified atom stereocenters. The van der Waals surface area contributed by atoms with E-state index >= 15 is 0 Å². The van der Waals surface area contributed by atoms with Gasteiger partial charge in [0.15, 0.2) is 11.9 Å². The van der Waals surface area contributed by atoms with Crippen LogP contribution in [-0.2, 0) is 14.3 Å². The molecule has 1 saturated carbocycles. The molecule has 7 nitrogen and oxygen atoms in total. The normalized spacial score (nSPS) is 26.6. The van der Waals surface area contributed by atoms with Gasteiger partial charge in [-0.15, -0.1) is 0 Å². The summed E-state index contributed by atoms with van der Waals surface area (Å²) in [6.07, 6.45) is 8.26. The summed E-state index contributed by atoms with van der Waals surface area (Å²) in [5.41, 5.74) is 7.61. The summed E-state index contributed by atoms with van der Waals surface area (Å²) in [6.45, 7) is 4.65. The maximum atomic E-state index is 12.2. The number of piperidine rings is 1. The molecule has 1 atom stereocenters. The summed E-state index contributed by atoms with van der Waals surface area (Å²) in [5.74, 6) is 0.855. The second kappa shape index (κ2) is 10.9. The van der Waals surface area contributed by atoms with E-state index in [-0.39, 0.29) is 17.7 Å². The number of fused-ring (bicyclic) bond motifs is 1. The number of halogens is 1. The highest BCUT2D eigenvalue weighted by Crippen LogP contribution is 2.38. The Kier molecular flexibility index (Phi) is 7.74. The van der Waals surface area contributed by atoms with E-state index < -0.39 is 6.29 Å². The van der Waals surface area contributed by atoms with E-state index in [0.29, 0.717) is 24.2 Å². The average molecular weight is 490 g/mol. The number of ether oxygens (including phenoxy) is 2. The third-order valence-corrected chi connectivity index (χ3v) is 8.40. The number of rotatable bonds is 7. The number of hydrogen-bond donors (Lipinski definition) is 1. The number of hydrogen-bond acceptors (Lipinski definition) is 6. The molecule has 1 amide bonds. The van der Waals surface area contributed by atoms with Gasteiger partial charge in [-0.25, -0.2) is 0 Å². The summed E-state index contributed by atoms with van der Waals surface area (Å²) < 4.78 is 17.0. The molecule has 1 aromatic heterocycles. The molecule has 3 aliphatic rings. The first kappa shape index (κ1) is 24.0. The topological polar surface area (TPSA) is 90.8 Å². The minimum Gasteiger partial charge on any atom is -0.369 e. The fourth-order valence-electron chi connectivity index (χ4n) is 6.16. The summed E-state index contributed by atoms with van der Waals surface area (Å²) in [5, 5.41) is 6.14. The van der Waals surface area contributed by atoms with E-state index in [1.165, 1.54) is 6.42 Å². The van der Waals surface area contributed by atoms with Crippen molar-refractivity contribution in [2.75, 3.05) is 32.8 Å². The standard InChI is InChI=1S/C26H36ClN3O4/c27-20-6-7-21-22(16-20)34-29-24(21)19-9-12-30(13-10-19)11-8-17-2-4-18(5-3-17)23(25(28)31)26-32-14-1-15-33-26/h6-7,16-19,23,26H,1-5,8-15H2,(H2,28,31). The van der Waals surface area contributed by atoms with Crippen LogP contribution in [0.3, 0.4) is 0 Å². The quantitative estimate of drug-likeness (QED) is 0.605. The van der Waals surface area contributed by atoms with Gasteiger partial charge in [-0.3, -0.25) is 4.79 Å². The Bertz CT molecular complexity index is 960. The Labute approximate surface area is 206 Å². The Hall–Kier alpha value is -1.67. The first-order valence-electron chi connectivity index (χ1n) is 12.9. The fraction of sp³-hybridized carbons (Fsp3) is 0.692. The number of aromatic nitrogens is 1. The number of benzene rings is 1. The molecule has 2 saturated heterocycles. The molecule has 1 aliphatic carbocycles. The minimum absolute atomic E-state index is 0.277. The number of primary amides is 1. The Morgan fingerprint density at radius 3 is 2.56 bits per heavy atom. The molecule has 5 rings (SSSR count). The number of nitrogens with zero attached hydrogens (tertiary/aromatic N) is 2. The zero-order valence-corrected chi connectivity index (χ0v) is 20.5. The maximum absolute atomic E-state index is 12.2. The fourth-order valence-corrected chi connectivity index (χ4v) is 6.32. The predicted octanol–water partition coefficient (Wildman–Crippen LogP) is 4.72. The van der Waals surface area contributed by atoms with Crippen molar-refractivity contribution in [3.05, 3.63) is 28.9 Å². The number of likely N-dealkylation sites (tertiary alicyclic amines) is 1. The van der Waals surface area contributed by atoms with Gasteiger partial charge in [0.2, 0.25) is 5.91 Å². The largest absolute Gasteiger partial charge is 0.369 e. The van der Waals surface area contributed by atoms with Crippen LogP contribution in [0.2, 0.25) is 5.02 Å². The van der Waals surface area contributed by atoms with Crippen molar-refractivity contribution in [1.82, 2.24) is 10.1 Å². The van der Waals surface area contributed by atoms with Crippen LogP contribution >= 0.6 is 11.6 Å². The molecule has 186 valence electrons. The van der Waals surface area contributed by atoms with E-state index in [4.69, 9.17) is 31.3 Å². The van der Waals surface area contributed by atoms with E-state index in [1.807, 2.05) is 18.2 Å². The minimum atomic E-state index is -0.451. The lowest BCUT2D eigenvalue weighted by Gasteiger charge is -2.38. The van der Waals surface area contributed by atoms with Crippen LogP contribution < -0.4 is 5.73 Å². The lowest BCUT2D eigenvalue weighted by atomic mass is 9.74. The van der Waals surface area contributed by atoms with Crippen molar-refractivity contribution < 1.29 is 18.8 Å². The molecule has 8 heteroatoms. The number of amides is 1. The Morgan fingerprint density at radius 1 is 1.12 bits per heavy atom. The molecular weight excluding hydrogens is 454 g/mol. The maximum Gasteiger partial charge on any atom is 0.225 e. The zero-order chi connectivity index (χ0) is 23.5. The van der Waals surface area contributed by atoms with Crippen LogP contribution in [0.4, 0.5) is 0 Å². The van der Waals surface area contributed by atoms with Crippen LogP contribution in [0.15, 0.2) is 22.7 Å². The molecule has 0 spiro atoms. The first-order chi connectivity index (χ1) is 16.6. The van der Waals surface area contributed by atoms with E-state index in [9.17, 15) is 4.79 Å². The first-order valence-corrected chi connectivity index (χ1v) is 13.3. The molecule has 0 radical (unpaired) electrons. The zero-order valence-electron chi connectivity index (χ0n) is 19.8. The lowest BCUT2D eigenvalue weighted by Crippen LogP contribution is -2.45. The summed E-state index contributed by atoms with van der Waals surface area (Å²) in [7, 11) is 0. The Balaban J connectivity index is 1.06. The van der Waals surface area contributed by atoms with E-state index in [0.717, 1.165) is 87.2 Å². The van der Waals surface area contributed by atoms with Gasteiger partial charge in [0, 0.05) is 22.4 Å². The molecule has 3 heterocycles. The molecule has 1 aromatic carbocycles. The van der Waals surface area contributed by atoms with Crippen LogP contribution in [0, 0.1) is 17.8 Å². The van der Waals surface area contributed by atoms with Crippen LogP contribution in [0.25, 0.3) is 11.0 Å². The van der Waals surface area contributed by atoms with Crippen molar-refractivity contribution in [3.63, 3.8) is 0 Å². The Morgan fingerprint density at radius 2 is 1.85 bits per heavy atom. The van der Waals surface area contributed by atoms with Crippen LogP contribution in [0.1, 0.15) is 63.0 Å². The van der Waals surface area contributed by atoms with Crippen molar-refractivity contribution in [3.8, 4) is 0 Å². The SMILES string of the molecule is NC(=O)C(C1CCC(CCN2CCC(c3noc4cc(Cl)ccc34)CC2)CC1)C1OCCCO1. The molecule has 2 aliphatic heterocycles. The number of nitrogens with two attached hydrogens (primary N) is 1. The van der Waals surface area contributed by atoms with Gasteiger partial charge in [-0.05, 0) is 82.1 Å². The van der Waals surface area contributed by atoms with Crippen LogP contribution in [-0.4, -0.2) is 55.1 Å². The van der Waals surface area contributed by atoms with E-state index in [2.05, 4.69) is 10.1 Å². The van der Waals surface area contributed by atoms with Crippen molar-refractivity contribution >= 4 is 28.5 Å². The molecule has 2 aromatic rings. The van der Waals surface area contributed by atoms with Gasteiger partial charge in [-0.2, -0.15) is 0 Å². The highest BCUT2D eigenvalue weighted by molar-refractivity contribution is 6.31. The second-order valence-corrected chi connectivity index (χ2v) is 10.7. The molecule has 3 fully saturated rings. The smallest absolute Gasteiger partial charge is 0.225 e. The molecule has 0 bridgehead atoms. The molecule has 2 N–H and O–H groups in total. The molecule has 34 heavy (non-hydrogen) atoms. The lowest BCUT2D eigenvalue weighted by molar-refractivity contribution is -0.214. The van der Waals surface area contributed by atoms with Gasteiger partial charge in [0.1, 0.15) is 0 Å². The van der Waals surface area contributed by atoms with Crippen molar-refractivity contribution in [2.45, 2.75) is 63.6 Å². The second-order valence-electron chi connectivity index (χ2n) is 10.3. The summed E-state index contributed by atoms with van der Waals surface area (Å²) >= 11 is 6.08. The predicted molar refractivity (Wildman–Crippen MR) is 130 cm³/mol. The third-order valence-electron chi connectivity index (χ3n) is 8.16. The van der Waals surface area contributed by atoms with Gasteiger partial charge >= 0.3 is 0 Å². The average Bonchev–Trinajstić information content (AvgIpc) is 3.27. The van der Waals surface area contributed by atoms with Gasteiger partial charge in [0.25, 0.3) is 0 Å². The molecular formula is C26H36ClN3O4. The monoisotopic (exact) mass is 489 g/mol. The highest BCUT2D eigenvalue weighted by atomic mass is 35.5. The highest BCUT2D eigenvalue weighted by Gasteiger charge is 2.38. The summed E-state index contributed by atoms with van der Waals surface area (Å²) in [4.78, 5) is 14.7.